The molecule has 2 unspecified atom stereocenters. The van der Waals surface area contributed by atoms with E-state index in [9.17, 15) is 4.79 Å². The molecule has 0 radical (unpaired) electrons. The molecule has 25 heavy (non-hydrogen) atoms. The van der Waals surface area contributed by atoms with Crippen LogP contribution < -0.4 is 11.1 Å². The summed E-state index contributed by atoms with van der Waals surface area (Å²) in [6.45, 7) is 6.28. The molecule has 0 aliphatic heterocycles. The Balaban J connectivity index is 1.70. The number of nitrogens with two attached hydrogens (primary N) is 1. The Hall–Kier alpha value is -2.13. The van der Waals surface area contributed by atoms with Crippen LogP contribution in [0.5, 0.6) is 0 Å². The summed E-state index contributed by atoms with van der Waals surface area (Å²) in [7, 11) is 0. The van der Waals surface area contributed by atoms with Gasteiger partial charge in [0, 0.05) is 0 Å². The predicted molar refractivity (Wildman–Crippen MR) is 103 cm³/mol. The lowest BCUT2D eigenvalue weighted by atomic mass is 9.87. The molecule has 3 heteroatoms. The number of carbonyl (C=O) groups is 1. The lowest BCUT2D eigenvalue weighted by Crippen LogP contribution is -2.44. The minimum Gasteiger partial charge on any atom is -0.348 e. The number of carbonyl (C=O) groups excluding carboxylic acids is 1. The maximum Gasteiger partial charge on any atom is 0.237 e. The van der Waals surface area contributed by atoms with Crippen molar-refractivity contribution in [3.05, 3.63) is 69.8 Å². The molecule has 0 saturated heterocycles. The number of aryl methyl sites for hydroxylation is 4. The molecule has 0 spiro atoms. The molecule has 2 aromatic rings. The summed E-state index contributed by atoms with van der Waals surface area (Å²) in [6.07, 6.45) is 3.76. The van der Waals surface area contributed by atoms with E-state index in [1.807, 2.05) is 6.07 Å². The fourth-order valence-electron chi connectivity index (χ4n) is 4.03. The number of hydrogen-bond acceptors (Lipinski definition) is 2. The van der Waals surface area contributed by atoms with Gasteiger partial charge in [0.15, 0.2) is 0 Å². The Morgan fingerprint density at radius 2 is 1.88 bits per heavy atom. The molecule has 3 nitrogen and oxygen atoms in total. The highest BCUT2D eigenvalue weighted by atomic mass is 16.2. The van der Waals surface area contributed by atoms with E-state index in [0.717, 1.165) is 19.3 Å². The van der Waals surface area contributed by atoms with Crippen LogP contribution in [0, 0.1) is 20.8 Å². The first-order valence-corrected chi connectivity index (χ1v) is 9.16. The van der Waals surface area contributed by atoms with Crippen LogP contribution in [0.3, 0.4) is 0 Å². The standard InChI is InChI=1S/C22H28N2O/c1-14-11-15(2)19(16(3)12-14)13-20(23)22(25)24-21-10-6-8-17-7-4-5-9-18(17)21/h4-5,7,9,11-12,20-21H,6,8,10,13,23H2,1-3H3,(H,24,25). The highest BCUT2D eigenvalue weighted by Gasteiger charge is 2.24. The predicted octanol–water partition coefficient (Wildman–Crippen LogP) is 3.68. The average Bonchev–Trinajstić information content (AvgIpc) is 2.58. The van der Waals surface area contributed by atoms with Gasteiger partial charge in [-0.2, -0.15) is 0 Å². The zero-order chi connectivity index (χ0) is 18.0. The number of amides is 1. The second-order valence-corrected chi connectivity index (χ2v) is 7.34. The third-order valence-corrected chi connectivity index (χ3v) is 5.29. The summed E-state index contributed by atoms with van der Waals surface area (Å²) in [4.78, 5) is 12.7. The lowest BCUT2D eigenvalue weighted by Gasteiger charge is -2.27. The van der Waals surface area contributed by atoms with Crippen molar-refractivity contribution in [2.24, 2.45) is 5.73 Å². The molecule has 2 atom stereocenters. The molecule has 3 N–H and O–H groups in total. The van der Waals surface area contributed by atoms with Crippen LogP contribution in [0.4, 0.5) is 0 Å². The first kappa shape index (κ1) is 17.7. The van der Waals surface area contributed by atoms with Crippen molar-refractivity contribution in [2.45, 2.75) is 58.5 Å². The summed E-state index contributed by atoms with van der Waals surface area (Å²) in [5.41, 5.74) is 13.7. The topological polar surface area (TPSA) is 55.1 Å². The third kappa shape index (κ3) is 3.93. The Labute approximate surface area is 150 Å². The highest BCUT2D eigenvalue weighted by molar-refractivity contribution is 5.82. The van der Waals surface area contributed by atoms with Gasteiger partial charge in [0.2, 0.25) is 5.91 Å². The van der Waals surface area contributed by atoms with Gasteiger partial charge in [-0.25, -0.2) is 0 Å². The van der Waals surface area contributed by atoms with E-state index in [1.165, 1.54) is 33.4 Å². The number of benzene rings is 2. The van der Waals surface area contributed by atoms with Gasteiger partial charge in [-0.15, -0.1) is 0 Å². The summed E-state index contributed by atoms with van der Waals surface area (Å²) in [6, 6.07) is 12.3. The monoisotopic (exact) mass is 336 g/mol. The summed E-state index contributed by atoms with van der Waals surface area (Å²) in [5.74, 6) is -0.0546. The van der Waals surface area contributed by atoms with Crippen molar-refractivity contribution >= 4 is 5.91 Å². The molecule has 3 rings (SSSR count). The minimum atomic E-state index is -0.519. The molecular weight excluding hydrogens is 308 g/mol. The second-order valence-electron chi connectivity index (χ2n) is 7.34. The van der Waals surface area contributed by atoms with Gasteiger partial charge in [0.05, 0.1) is 12.1 Å². The number of rotatable bonds is 4. The quantitative estimate of drug-likeness (QED) is 0.895. The molecule has 0 fully saturated rings. The van der Waals surface area contributed by atoms with E-state index in [2.05, 4.69) is 56.4 Å². The van der Waals surface area contributed by atoms with E-state index in [0.29, 0.717) is 6.42 Å². The molecule has 0 aromatic heterocycles. The summed E-state index contributed by atoms with van der Waals surface area (Å²) >= 11 is 0. The molecule has 0 saturated carbocycles. The van der Waals surface area contributed by atoms with Crippen LogP contribution in [0.1, 0.15) is 52.3 Å². The van der Waals surface area contributed by atoms with Crippen molar-refractivity contribution in [3.63, 3.8) is 0 Å². The van der Waals surface area contributed by atoms with Gasteiger partial charge in [0.25, 0.3) is 0 Å². The first-order chi connectivity index (χ1) is 12.0. The fourth-order valence-corrected chi connectivity index (χ4v) is 4.03. The van der Waals surface area contributed by atoms with Crippen molar-refractivity contribution in [1.82, 2.24) is 5.32 Å². The Bertz CT molecular complexity index is 758. The highest BCUT2D eigenvalue weighted by Crippen LogP contribution is 2.29. The third-order valence-electron chi connectivity index (χ3n) is 5.29. The van der Waals surface area contributed by atoms with E-state index in [4.69, 9.17) is 5.73 Å². The van der Waals surface area contributed by atoms with Crippen LogP contribution in [0.25, 0.3) is 0 Å². The average molecular weight is 336 g/mol. The molecule has 1 aliphatic carbocycles. The maximum absolute atomic E-state index is 12.7. The maximum atomic E-state index is 12.7. The van der Waals surface area contributed by atoms with Crippen LogP contribution in [0.2, 0.25) is 0 Å². The largest absolute Gasteiger partial charge is 0.348 e. The molecule has 2 aromatic carbocycles. The molecular formula is C22H28N2O. The van der Waals surface area contributed by atoms with E-state index < -0.39 is 6.04 Å². The lowest BCUT2D eigenvalue weighted by molar-refractivity contribution is -0.123. The molecule has 1 amide bonds. The van der Waals surface area contributed by atoms with E-state index in [1.54, 1.807) is 0 Å². The van der Waals surface area contributed by atoms with Gasteiger partial charge in [-0.1, -0.05) is 42.0 Å². The number of nitrogens with one attached hydrogen (secondary N) is 1. The zero-order valence-electron chi connectivity index (χ0n) is 15.4. The summed E-state index contributed by atoms with van der Waals surface area (Å²) < 4.78 is 0. The first-order valence-electron chi connectivity index (χ1n) is 9.16. The smallest absolute Gasteiger partial charge is 0.237 e. The van der Waals surface area contributed by atoms with E-state index in [-0.39, 0.29) is 11.9 Å². The zero-order valence-corrected chi connectivity index (χ0v) is 15.4. The van der Waals surface area contributed by atoms with Crippen LogP contribution in [0.15, 0.2) is 36.4 Å². The second kappa shape index (κ2) is 7.40. The van der Waals surface area contributed by atoms with Gasteiger partial charge >= 0.3 is 0 Å². The SMILES string of the molecule is Cc1cc(C)c(CC(N)C(=O)NC2CCCc3ccccc32)c(C)c1. The molecule has 1 aliphatic rings. The Morgan fingerprint density at radius 1 is 1.20 bits per heavy atom. The van der Waals surface area contributed by atoms with E-state index >= 15 is 0 Å². The Morgan fingerprint density at radius 3 is 2.60 bits per heavy atom. The van der Waals surface area contributed by atoms with Gasteiger partial charge in [-0.3, -0.25) is 4.79 Å². The summed E-state index contributed by atoms with van der Waals surface area (Å²) in [5, 5.41) is 3.18. The molecule has 132 valence electrons. The van der Waals surface area contributed by atoms with Gasteiger partial charge < -0.3 is 11.1 Å². The Kier molecular flexibility index (Phi) is 5.24. The van der Waals surface area contributed by atoms with Crippen LogP contribution >= 0.6 is 0 Å². The van der Waals surface area contributed by atoms with Gasteiger partial charge in [0.1, 0.15) is 0 Å². The normalized spacial score (nSPS) is 17.7. The van der Waals surface area contributed by atoms with Crippen molar-refractivity contribution in [1.29, 1.82) is 0 Å². The van der Waals surface area contributed by atoms with Crippen molar-refractivity contribution < 1.29 is 4.79 Å². The van der Waals surface area contributed by atoms with Gasteiger partial charge in [-0.05, 0) is 74.3 Å². The molecule has 0 bridgehead atoms. The fraction of sp³-hybridized carbons (Fsp3) is 0.409. The van der Waals surface area contributed by atoms with Crippen molar-refractivity contribution in [3.8, 4) is 0 Å². The minimum absolute atomic E-state index is 0.0546. The number of hydrogen-bond donors (Lipinski definition) is 2. The van der Waals surface area contributed by atoms with Crippen LogP contribution in [-0.4, -0.2) is 11.9 Å². The van der Waals surface area contributed by atoms with Crippen LogP contribution in [-0.2, 0) is 17.6 Å². The van der Waals surface area contributed by atoms with Crippen molar-refractivity contribution in [2.75, 3.05) is 0 Å². The molecule has 0 heterocycles. The number of fused-ring (bicyclic) bond motifs is 1.